The van der Waals surface area contributed by atoms with Gasteiger partial charge < -0.3 is 115 Å². The van der Waals surface area contributed by atoms with Crippen molar-refractivity contribution in [3.8, 4) is 0 Å². The zero-order valence-electron chi connectivity index (χ0n) is 40.4. The number of rotatable bonds is 30. The molecule has 0 unspecified atom stereocenters. The number of aliphatic hydroxyl groups is 13. The van der Waals surface area contributed by atoms with Crippen LogP contribution in [-0.4, -0.2) is 283 Å². The number of aliphatic hydroxyl groups excluding tert-OH is 13. The van der Waals surface area contributed by atoms with E-state index in [2.05, 4.69) is 10.6 Å². The van der Waals surface area contributed by atoms with E-state index in [0.29, 0.717) is 38.6 Å². The molecule has 0 aromatic rings. The molecule has 0 aliphatic carbocycles. The van der Waals surface area contributed by atoms with Gasteiger partial charge in [-0.05, 0) is 33.1 Å². The first-order valence-corrected chi connectivity index (χ1v) is 24.3. The molecule has 4 heterocycles. The predicted octanol–water partition coefficient (Wildman–Crippen LogP) is -7.89. The van der Waals surface area contributed by atoms with E-state index in [4.69, 9.17) is 37.9 Å². The number of amides is 2. The molecule has 2 amide bonds. The zero-order chi connectivity index (χ0) is 53.2. The Kier molecular flexibility index (Phi) is 26.5. The molecule has 418 valence electrons. The maximum absolute atomic E-state index is 13.3. The SMILES string of the molecule is CCNC(=O)CCCCCCC(=O)CN(CC(=O)CCCO[C@@H]1O[C@@H](C)[C@@H](O)[C@@H](O)[C@@H]1O)CC(=O)NCCO[C@H]1O[C@H](CO[C@H]2O[C@H](CO)[C@@H](O)[C@H](O)[C@@H]2O)[C@@H](O)[C@H](O[C@H]2O[C@H](CO)[C@@H](O)[C@H](O)[C@@H]2O)[C@@H]1O. The van der Waals surface area contributed by atoms with Gasteiger partial charge in [-0.2, -0.15) is 0 Å². The fourth-order valence-corrected chi connectivity index (χ4v) is 8.38. The van der Waals surface area contributed by atoms with Crippen molar-refractivity contribution in [2.75, 3.05) is 65.8 Å². The van der Waals surface area contributed by atoms with Crippen molar-refractivity contribution in [1.29, 1.82) is 0 Å². The van der Waals surface area contributed by atoms with E-state index in [0.717, 1.165) is 0 Å². The number of nitrogens with zero attached hydrogens (tertiary/aromatic N) is 1. The average molecular weight is 1050 g/mol. The highest BCUT2D eigenvalue weighted by Gasteiger charge is 2.52. The van der Waals surface area contributed by atoms with E-state index in [9.17, 15) is 85.6 Å². The van der Waals surface area contributed by atoms with Gasteiger partial charge >= 0.3 is 0 Å². The van der Waals surface area contributed by atoms with Gasteiger partial charge in [0, 0.05) is 32.4 Å². The fraction of sp³-hybridized carbons (Fsp3) is 0.909. The molecule has 28 heteroatoms. The summed E-state index contributed by atoms with van der Waals surface area (Å²) in [6, 6.07) is 0. The third-order valence-electron chi connectivity index (χ3n) is 12.6. The Morgan fingerprint density at radius 2 is 0.986 bits per heavy atom. The van der Waals surface area contributed by atoms with Gasteiger partial charge in [0.25, 0.3) is 0 Å². The van der Waals surface area contributed by atoms with Crippen molar-refractivity contribution in [2.24, 2.45) is 0 Å². The van der Waals surface area contributed by atoms with E-state index in [1.165, 1.54) is 11.8 Å². The van der Waals surface area contributed by atoms with Crippen LogP contribution in [0.4, 0.5) is 0 Å². The van der Waals surface area contributed by atoms with Crippen LogP contribution in [0.1, 0.15) is 65.2 Å². The minimum Gasteiger partial charge on any atom is -0.394 e. The lowest BCUT2D eigenvalue weighted by Crippen LogP contribution is -2.65. The summed E-state index contributed by atoms with van der Waals surface area (Å²) >= 11 is 0. The molecule has 20 atom stereocenters. The molecule has 4 rings (SSSR count). The second-order valence-electron chi connectivity index (χ2n) is 18.3. The average Bonchev–Trinajstić information content (AvgIpc) is 3.34. The number of unbranched alkanes of at least 4 members (excludes halogenated alkanes) is 3. The maximum Gasteiger partial charge on any atom is 0.234 e. The van der Waals surface area contributed by atoms with Crippen LogP contribution in [0, 0.1) is 0 Å². The van der Waals surface area contributed by atoms with E-state index >= 15 is 0 Å². The number of nitrogens with one attached hydrogen (secondary N) is 2. The molecule has 0 radical (unpaired) electrons. The van der Waals surface area contributed by atoms with Gasteiger partial charge in [-0.3, -0.25) is 24.1 Å². The normalized spacial score (nSPS) is 37.3. The van der Waals surface area contributed by atoms with Crippen molar-refractivity contribution < 1.29 is 123 Å². The highest BCUT2D eigenvalue weighted by molar-refractivity contribution is 5.85. The standard InChI is InChI=1S/C44H77N3O25/c1-3-45-27(52)11-7-5-4-6-9-22(50)15-47(16-23(51)10-8-13-65-41-36(61)33(58)29(54)21(2)68-41)17-28(53)46-12-14-66-43-39(64)40(72-44-38(63)35(60)31(56)25(19-49)70-44)32(57)26(71-43)20-67-42-37(62)34(59)30(55)24(18-48)69-42/h21,24-26,29-44,48-49,54-64H,3-20H2,1-2H3,(H,45,52)(H,46,53)/t21-,24+,25+,26+,29+,30+,31+,32+,33+,34-,35-,36-,37-,38-,39-,40-,41+,42-,43-,44+/m0/s1. The third kappa shape index (κ3) is 18.0. The molecular weight excluding hydrogens is 970 g/mol. The number of Topliss-reactive ketones (excluding diaryl/α,β-unsaturated/α-hetero) is 2. The lowest BCUT2D eigenvalue weighted by molar-refractivity contribution is -0.366. The summed E-state index contributed by atoms with van der Waals surface area (Å²) in [6.45, 7) is -0.223. The number of hydrogen-bond acceptors (Lipinski definition) is 26. The smallest absolute Gasteiger partial charge is 0.234 e. The van der Waals surface area contributed by atoms with Crippen LogP contribution in [-0.2, 0) is 57.1 Å². The van der Waals surface area contributed by atoms with Gasteiger partial charge in [0.15, 0.2) is 25.2 Å². The van der Waals surface area contributed by atoms with Crippen molar-refractivity contribution in [2.45, 2.75) is 188 Å². The van der Waals surface area contributed by atoms with Crippen molar-refractivity contribution in [3.05, 3.63) is 0 Å². The zero-order valence-corrected chi connectivity index (χ0v) is 40.4. The first-order valence-electron chi connectivity index (χ1n) is 24.3. The lowest BCUT2D eigenvalue weighted by atomic mass is 9.96. The molecule has 4 aliphatic heterocycles. The Bertz CT molecular complexity index is 1640. The Labute approximate surface area is 415 Å². The molecule has 4 fully saturated rings. The summed E-state index contributed by atoms with van der Waals surface area (Å²) in [7, 11) is 0. The Hall–Kier alpha value is -2.60. The molecule has 0 aromatic heterocycles. The van der Waals surface area contributed by atoms with Gasteiger partial charge in [-0.15, -0.1) is 0 Å². The number of ether oxygens (including phenoxy) is 8. The molecule has 72 heavy (non-hydrogen) atoms. The molecule has 0 aromatic carbocycles. The maximum atomic E-state index is 13.3. The fourth-order valence-electron chi connectivity index (χ4n) is 8.38. The van der Waals surface area contributed by atoms with Crippen LogP contribution in [0.5, 0.6) is 0 Å². The van der Waals surface area contributed by atoms with E-state index in [-0.39, 0.29) is 63.0 Å². The summed E-state index contributed by atoms with van der Waals surface area (Å²) in [6.07, 6.45) is -29.6. The van der Waals surface area contributed by atoms with Gasteiger partial charge in [-0.1, -0.05) is 12.8 Å². The first-order chi connectivity index (χ1) is 34.2. The minimum absolute atomic E-state index is 0.0571. The predicted molar refractivity (Wildman–Crippen MR) is 238 cm³/mol. The highest BCUT2D eigenvalue weighted by Crippen LogP contribution is 2.31. The second kappa shape index (κ2) is 30.8. The molecule has 0 saturated carbocycles. The topological polar surface area (TPSA) is 432 Å². The Morgan fingerprint density at radius 1 is 0.486 bits per heavy atom. The lowest BCUT2D eigenvalue weighted by Gasteiger charge is -2.46. The largest absolute Gasteiger partial charge is 0.394 e. The summed E-state index contributed by atoms with van der Waals surface area (Å²) in [4.78, 5) is 52.6. The monoisotopic (exact) mass is 1050 g/mol. The molecule has 0 bridgehead atoms. The molecule has 0 spiro atoms. The van der Waals surface area contributed by atoms with Gasteiger partial charge in [0.1, 0.15) is 103 Å². The van der Waals surface area contributed by atoms with Crippen LogP contribution in [0.15, 0.2) is 0 Å². The Morgan fingerprint density at radius 3 is 1.58 bits per heavy atom. The quantitative estimate of drug-likeness (QED) is 0.0297. The van der Waals surface area contributed by atoms with Crippen molar-refractivity contribution in [3.63, 3.8) is 0 Å². The molecule has 28 nitrogen and oxygen atoms in total. The molecule has 4 saturated heterocycles. The van der Waals surface area contributed by atoms with E-state index < -0.39 is 162 Å². The summed E-state index contributed by atoms with van der Waals surface area (Å²) in [5.41, 5.74) is 0. The van der Waals surface area contributed by atoms with Crippen LogP contribution in [0.2, 0.25) is 0 Å². The summed E-state index contributed by atoms with van der Waals surface area (Å²) < 4.78 is 44.4. The third-order valence-corrected chi connectivity index (χ3v) is 12.6. The second-order valence-corrected chi connectivity index (χ2v) is 18.3. The number of carbonyl (C=O) groups excluding carboxylic acids is 4. The number of ketones is 2. The molecule has 4 aliphatic rings. The molecule has 15 N–H and O–H groups in total. The Balaban J connectivity index is 1.36. The first kappa shape index (κ1) is 61.9. The van der Waals surface area contributed by atoms with E-state index in [1.54, 1.807) is 0 Å². The number of hydrogen-bond donors (Lipinski definition) is 15. The van der Waals surface area contributed by atoms with Gasteiger partial charge in [0.05, 0.1) is 58.8 Å². The summed E-state index contributed by atoms with van der Waals surface area (Å²) in [5, 5.41) is 139. The van der Waals surface area contributed by atoms with E-state index in [1.807, 2.05) is 6.92 Å². The van der Waals surface area contributed by atoms with Crippen LogP contribution >= 0.6 is 0 Å². The van der Waals surface area contributed by atoms with Crippen LogP contribution in [0.3, 0.4) is 0 Å². The minimum atomic E-state index is -1.97. The van der Waals surface area contributed by atoms with Crippen molar-refractivity contribution in [1.82, 2.24) is 15.5 Å². The van der Waals surface area contributed by atoms with Crippen LogP contribution in [0.25, 0.3) is 0 Å². The van der Waals surface area contributed by atoms with Crippen molar-refractivity contribution >= 4 is 23.4 Å². The molecular formula is C44H77N3O25. The number of carbonyl (C=O) groups is 4. The highest BCUT2D eigenvalue weighted by atomic mass is 16.8. The van der Waals surface area contributed by atoms with Gasteiger partial charge in [-0.25, -0.2) is 0 Å². The summed E-state index contributed by atoms with van der Waals surface area (Å²) in [5.74, 6) is -1.32. The van der Waals surface area contributed by atoms with Crippen LogP contribution < -0.4 is 10.6 Å². The van der Waals surface area contributed by atoms with Gasteiger partial charge in [0.2, 0.25) is 11.8 Å².